The lowest BCUT2D eigenvalue weighted by Gasteiger charge is -2.30. The van der Waals surface area contributed by atoms with Gasteiger partial charge >= 0.3 is 0 Å². The monoisotopic (exact) mass is 404 g/mol. The fourth-order valence-corrected chi connectivity index (χ4v) is 4.93. The maximum Gasteiger partial charge on any atom is 0.223 e. The third-order valence-corrected chi connectivity index (χ3v) is 6.89. The minimum Gasteiger partial charge on any atom is -0.352 e. The van der Waals surface area contributed by atoms with Gasteiger partial charge in [-0.1, -0.05) is 42.0 Å². The molecule has 0 bridgehead atoms. The number of aryl methyl sites for hydroxylation is 1. The van der Waals surface area contributed by atoms with Gasteiger partial charge in [0.15, 0.2) is 0 Å². The van der Waals surface area contributed by atoms with Gasteiger partial charge in [-0.2, -0.15) is 0 Å². The van der Waals surface area contributed by atoms with Gasteiger partial charge in [-0.05, 0) is 43.0 Å². The van der Waals surface area contributed by atoms with Crippen molar-refractivity contribution in [2.75, 3.05) is 13.1 Å². The molecule has 1 heterocycles. The molecule has 7 heteroatoms. The van der Waals surface area contributed by atoms with Crippen LogP contribution < -0.4 is 5.32 Å². The van der Waals surface area contributed by atoms with E-state index < -0.39 is 10.0 Å². The second-order valence-electron chi connectivity index (χ2n) is 7.26. The van der Waals surface area contributed by atoms with Crippen LogP contribution in [0.25, 0.3) is 0 Å². The number of hydrogen-bond donors (Lipinski definition) is 1. The van der Waals surface area contributed by atoms with Crippen molar-refractivity contribution in [2.24, 2.45) is 5.92 Å². The number of rotatable bonds is 6. The summed E-state index contributed by atoms with van der Waals surface area (Å²) in [7, 11) is -3.40. The molecule has 2 aromatic carbocycles. The van der Waals surface area contributed by atoms with Crippen molar-refractivity contribution in [1.82, 2.24) is 9.62 Å². The van der Waals surface area contributed by atoms with Crippen LogP contribution in [0.5, 0.6) is 0 Å². The first kappa shape index (κ1) is 20.5. The molecule has 5 nitrogen and oxygen atoms in total. The van der Waals surface area contributed by atoms with Crippen molar-refractivity contribution in [3.8, 4) is 0 Å². The molecule has 0 atom stereocenters. The van der Waals surface area contributed by atoms with Gasteiger partial charge in [0.1, 0.15) is 5.82 Å². The molecule has 1 fully saturated rings. The Balaban J connectivity index is 1.50. The summed E-state index contributed by atoms with van der Waals surface area (Å²) in [5.74, 6) is -0.693. The lowest BCUT2D eigenvalue weighted by atomic mass is 9.97. The summed E-state index contributed by atoms with van der Waals surface area (Å²) in [6, 6.07) is 13.6. The molecule has 1 N–H and O–H groups in total. The molecule has 3 rings (SSSR count). The Morgan fingerprint density at radius 3 is 2.43 bits per heavy atom. The number of carbonyl (C=O) groups is 1. The molecule has 0 saturated carbocycles. The molecular formula is C21H25FN2O3S. The standard InChI is InChI=1S/C21H25FN2O3S/c1-16-5-7-17(8-6-16)15-28(26,27)24-11-9-19(10-12-24)21(25)23-14-18-3-2-4-20(22)13-18/h2-8,13,19H,9-12,14-15H2,1H3,(H,23,25). The second-order valence-corrected chi connectivity index (χ2v) is 9.23. The average Bonchev–Trinajstić information content (AvgIpc) is 2.68. The first-order valence-electron chi connectivity index (χ1n) is 9.39. The largest absolute Gasteiger partial charge is 0.352 e. The Bertz CT molecular complexity index is 921. The van der Waals surface area contributed by atoms with Crippen molar-refractivity contribution in [3.63, 3.8) is 0 Å². The molecule has 1 saturated heterocycles. The van der Waals surface area contributed by atoms with E-state index in [9.17, 15) is 17.6 Å². The molecule has 150 valence electrons. The van der Waals surface area contributed by atoms with Crippen LogP contribution in [0.4, 0.5) is 4.39 Å². The van der Waals surface area contributed by atoms with Gasteiger partial charge in [-0.15, -0.1) is 0 Å². The zero-order valence-corrected chi connectivity index (χ0v) is 16.7. The summed E-state index contributed by atoms with van der Waals surface area (Å²) in [5, 5.41) is 2.82. The third kappa shape index (κ3) is 5.39. The molecule has 0 aliphatic carbocycles. The van der Waals surface area contributed by atoms with Crippen LogP contribution in [-0.4, -0.2) is 31.7 Å². The van der Waals surface area contributed by atoms with Crippen molar-refractivity contribution in [2.45, 2.75) is 32.1 Å². The number of halogens is 1. The molecule has 28 heavy (non-hydrogen) atoms. The van der Waals surface area contributed by atoms with Crippen molar-refractivity contribution >= 4 is 15.9 Å². The number of carbonyl (C=O) groups excluding carboxylic acids is 1. The Labute approximate surface area is 165 Å². The zero-order valence-electron chi connectivity index (χ0n) is 15.9. The smallest absolute Gasteiger partial charge is 0.223 e. The summed E-state index contributed by atoms with van der Waals surface area (Å²) in [6.07, 6.45) is 0.976. The van der Waals surface area contributed by atoms with Gasteiger partial charge in [-0.3, -0.25) is 4.79 Å². The SMILES string of the molecule is Cc1ccc(CS(=O)(=O)N2CCC(C(=O)NCc3cccc(F)c3)CC2)cc1. The first-order chi connectivity index (χ1) is 13.3. The molecule has 1 amide bonds. The summed E-state index contributed by atoms with van der Waals surface area (Å²) >= 11 is 0. The number of sulfonamides is 1. The van der Waals surface area contributed by atoms with Crippen LogP contribution in [0, 0.1) is 18.7 Å². The summed E-state index contributed by atoms with van der Waals surface area (Å²) < 4.78 is 40.0. The highest BCUT2D eigenvalue weighted by atomic mass is 32.2. The van der Waals surface area contributed by atoms with Crippen molar-refractivity contribution < 1.29 is 17.6 Å². The van der Waals surface area contributed by atoms with E-state index in [1.807, 2.05) is 31.2 Å². The zero-order chi connectivity index (χ0) is 20.1. The van der Waals surface area contributed by atoms with Crippen LogP contribution in [0.1, 0.15) is 29.5 Å². The molecule has 1 aliphatic heterocycles. The van der Waals surface area contributed by atoms with Crippen molar-refractivity contribution in [3.05, 3.63) is 71.0 Å². The summed E-state index contributed by atoms with van der Waals surface area (Å²) in [4.78, 5) is 12.4. The highest BCUT2D eigenvalue weighted by Crippen LogP contribution is 2.22. The lowest BCUT2D eigenvalue weighted by molar-refractivity contribution is -0.126. The predicted octanol–water partition coefficient (Wildman–Crippen LogP) is 2.99. The topological polar surface area (TPSA) is 66.5 Å². The maximum atomic E-state index is 13.2. The highest BCUT2D eigenvalue weighted by Gasteiger charge is 2.31. The third-order valence-electron chi connectivity index (χ3n) is 5.04. The van der Waals surface area contributed by atoms with Crippen LogP contribution in [0.2, 0.25) is 0 Å². The Hall–Kier alpha value is -2.25. The maximum absolute atomic E-state index is 13.2. The Morgan fingerprint density at radius 1 is 1.11 bits per heavy atom. The van der Waals surface area contributed by atoms with Crippen LogP contribution in [0.3, 0.4) is 0 Å². The van der Waals surface area contributed by atoms with Crippen molar-refractivity contribution in [1.29, 1.82) is 0 Å². The molecular weight excluding hydrogens is 379 g/mol. The average molecular weight is 405 g/mol. The molecule has 2 aromatic rings. The molecule has 0 aromatic heterocycles. The van der Waals surface area contributed by atoms with Gasteiger partial charge in [0, 0.05) is 25.6 Å². The van der Waals surface area contributed by atoms with E-state index in [0.717, 1.165) is 11.1 Å². The fraction of sp³-hybridized carbons (Fsp3) is 0.381. The van der Waals surface area contributed by atoms with E-state index in [1.165, 1.54) is 16.4 Å². The van der Waals surface area contributed by atoms with Gasteiger partial charge in [0.05, 0.1) is 5.75 Å². The van der Waals surface area contributed by atoms with E-state index in [0.29, 0.717) is 31.5 Å². The summed E-state index contributed by atoms with van der Waals surface area (Å²) in [5.41, 5.74) is 2.55. The first-order valence-corrected chi connectivity index (χ1v) is 11.0. The van der Waals surface area contributed by atoms with Crippen LogP contribution >= 0.6 is 0 Å². The number of nitrogens with one attached hydrogen (secondary N) is 1. The number of benzene rings is 2. The van der Waals surface area contributed by atoms with Crippen LogP contribution in [0.15, 0.2) is 48.5 Å². The predicted molar refractivity (Wildman–Crippen MR) is 106 cm³/mol. The quantitative estimate of drug-likeness (QED) is 0.805. The minimum atomic E-state index is -3.40. The number of amides is 1. The summed E-state index contributed by atoms with van der Waals surface area (Å²) in [6.45, 7) is 2.91. The lowest BCUT2D eigenvalue weighted by Crippen LogP contribution is -2.43. The molecule has 0 radical (unpaired) electrons. The van der Waals surface area contributed by atoms with Gasteiger partial charge < -0.3 is 5.32 Å². The molecule has 1 aliphatic rings. The minimum absolute atomic E-state index is 0.0241. The molecule has 0 spiro atoms. The van der Waals surface area contributed by atoms with E-state index in [2.05, 4.69) is 5.32 Å². The number of nitrogens with zero attached hydrogens (tertiary/aromatic N) is 1. The van der Waals surface area contributed by atoms with E-state index >= 15 is 0 Å². The highest BCUT2D eigenvalue weighted by molar-refractivity contribution is 7.88. The van der Waals surface area contributed by atoms with Gasteiger partial charge in [0.25, 0.3) is 0 Å². The molecule has 0 unspecified atom stereocenters. The fourth-order valence-electron chi connectivity index (χ4n) is 3.36. The number of hydrogen-bond acceptors (Lipinski definition) is 3. The Morgan fingerprint density at radius 2 is 1.79 bits per heavy atom. The van der Waals surface area contributed by atoms with E-state index in [-0.39, 0.29) is 29.9 Å². The Kier molecular flexibility index (Phi) is 6.46. The van der Waals surface area contributed by atoms with Crippen LogP contribution in [-0.2, 0) is 27.1 Å². The van der Waals surface area contributed by atoms with E-state index in [1.54, 1.807) is 12.1 Å². The van der Waals surface area contributed by atoms with Gasteiger partial charge in [0.2, 0.25) is 15.9 Å². The van der Waals surface area contributed by atoms with Gasteiger partial charge in [-0.25, -0.2) is 17.1 Å². The normalized spacial score (nSPS) is 16.1. The number of piperidine rings is 1. The second kappa shape index (κ2) is 8.84. The van der Waals surface area contributed by atoms with E-state index in [4.69, 9.17) is 0 Å².